The van der Waals surface area contributed by atoms with Gasteiger partial charge in [-0.3, -0.25) is 9.59 Å². The Kier molecular flexibility index (Phi) is 6.64. The van der Waals surface area contributed by atoms with E-state index in [4.69, 9.17) is 9.84 Å². The van der Waals surface area contributed by atoms with Crippen LogP contribution < -0.4 is 15.0 Å². The van der Waals surface area contributed by atoms with E-state index in [-0.39, 0.29) is 23.8 Å². The van der Waals surface area contributed by atoms with Gasteiger partial charge in [0.05, 0.1) is 18.0 Å². The molecule has 2 aliphatic heterocycles. The molecular formula is C28H26F2N6O3. The highest BCUT2D eigenvalue weighted by Crippen LogP contribution is 2.39. The molecule has 39 heavy (non-hydrogen) atoms. The normalized spacial score (nSPS) is 18.9. The van der Waals surface area contributed by atoms with Crippen molar-refractivity contribution in [3.8, 4) is 11.5 Å². The van der Waals surface area contributed by atoms with Crippen LogP contribution in [-0.4, -0.2) is 45.2 Å². The number of amides is 2. The first-order valence-corrected chi connectivity index (χ1v) is 13.0. The number of rotatable bonds is 6. The number of fused-ring (bicyclic) bond motifs is 2. The third-order valence-electron chi connectivity index (χ3n) is 7.26. The molecule has 3 aliphatic rings. The number of anilines is 2. The number of hydrazone groups is 1. The number of hydrogen-bond donors (Lipinski definition) is 1. The molecule has 1 saturated carbocycles. The van der Waals surface area contributed by atoms with Crippen molar-refractivity contribution in [3.63, 3.8) is 0 Å². The van der Waals surface area contributed by atoms with Gasteiger partial charge in [-0.15, -0.1) is 0 Å². The molecule has 1 aromatic carbocycles. The number of pyridine rings is 2. The van der Waals surface area contributed by atoms with Crippen LogP contribution >= 0.6 is 0 Å². The molecule has 2 aromatic heterocycles. The summed E-state index contributed by atoms with van der Waals surface area (Å²) in [5, 5.41) is 8.87. The summed E-state index contributed by atoms with van der Waals surface area (Å²) < 4.78 is 32.4. The van der Waals surface area contributed by atoms with Crippen LogP contribution in [0.15, 0.2) is 60.0 Å². The van der Waals surface area contributed by atoms with Gasteiger partial charge in [-0.05, 0) is 61.2 Å². The number of nitrogens with zero attached hydrogens (tertiary/aromatic N) is 5. The number of carbonyl (C=O) groups is 2. The molecule has 3 aromatic rings. The minimum absolute atomic E-state index is 0.126. The van der Waals surface area contributed by atoms with E-state index in [1.165, 1.54) is 54.0 Å². The fraction of sp³-hybridized carbons (Fsp3) is 0.321. The number of benzene rings is 1. The summed E-state index contributed by atoms with van der Waals surface area (Å²) in [6, 6.07) is 9.67. The molecule has 11 heteroatoms. The lowest BCUT2D eigenvalue weighted by Crippen LogP contribution is -2.53. The van der Waals surface area contributed by atoms with Crippen LogP contribution in [-0.2, 0) is 4.79 Å². The zero-order valence-corrected chi connectivity index (χ0v) is 21.0. The predicted molar refractivity (Wildman–Crippen MR) is 139 cm³/mol. The smallest absolute Gasteiger partial charge is 0.279 e. The Labute approximate surface area is 223 Å². The lowest BCUT2D eigenvalue weighted by molar-refractivity contribution is -0.115. The summed E-state index contributed by atoms with van der Waals surface area (Å²) in [5.74, 6) is -0.0637. The second kappa shape index (κ2) is 10.4. The third-order valence-corrected chi connectivity index (χ3v) is 7.26. The minimum Gasteiger partial charge on any atom is -0.456 e. The van der Waals surface area contributed by atoms with Crippen molar-refractivity contribution in [1.29, 1.82) is 0 Å². The molecule has 4 heterocycles. The van der Waals surface area contributed by atoms with E-state index in [2.05, 4.69) is 15.3 Å². The summed E-state index contributed by atoms with van der Waals surface area (Å²) in [4.78, 5) is 36.9. The van der Waals surface area contributed by atoms with Gasteiger partial charge in [-0.25, -0.2) is 23.8 Å². The number of ether oxygens (including phenoxy) is 1. The van der Waals surface area contributed by atoms with E-state index in [1.807, 2.05) is 0 Å². The first-order valence-electron chi connectivity index (χ1n) is 13.0. The van der Waals surface area contributed by atoms with Crippen molar-refractivity contribution >= 4 is 29.2 Å². The van der Waals surface area contributed by atoms with Gasteiger partial charge in [0.25, 0.3) is 5.91 Å². The predicted octanol–water partition coefficient (Wildman–Crippen LogP) is 5.11. The van der Waals surface area contributed by atoms with E-state index >= 15 is 0 Å². The molecule has 1 fully saturated rings. The van der Waals surface area contributed by atoms with Crippen LogP contribution in [0.4, 0.5) is 20.4 Å². The van der Waals surface area contributed by atoms with Gasteiger partial charge in [0, 0.05) is 12.1 Å². The van der Waals surface area contributed by atoms with Gasteiger partial charge in [-0.1, -0.05) is 19.3 Å². The topological polar surface area (TPSA) is 100 Å². The molecule has 1 atom stereocenters. The largest absolute Gasteiger partial charge is 0.456 e. The maximum absolute atomic E-state index is 13.6. The zero-order chi connectivity index (χ0) is 26.9. The van der Waals surface area contributed by atoms with Gasteiger partial charge in [-0.2, -0.15) is 5.10 Å². The first-order chi connectivity index (χ1) is 18.9. The molecule has 200 valence electrons. The molecule has 0 radical (unpaired) electrons. The fourth-order valence-electron chi connectivity index (χ4n) is 5.38. The Morgan fingerprint density at radius 3 is 2.49 bits per heavy atom. The fourth-order valence-corrected chi connectivity index (χ4v) is 5.38. The average Bonchev–Trinajstić information content (AvgIpc) is 3.40. The van der Waals surface area contributed by atoms with Gasteiger partial charge in [0.2, 0.25) is 5.91 Å². The molecule has 0 bridgehead atoms. The van der Waals surface area contributed by atoms with Gasteiger partial charge >= 0.3 is 0 Å². The highest BCUT2D eigenvalue weighted by atomic mass is 19.1. The Morgan fingerprint density at radius 1 is 0.974 bits per heavy atom. The maximum atomic E-state index is 13.6. The monoisotopic (exact) mass is 532 g/mol. The number of aromatic nitrogens is 2. The Morgan fingerprint density at radius 2 is 1.74 bits per heavy atom. The highest BCUT2D eigenvalue weighted by Gasteiger charge is 2.45. The quantitative estimate of drug-likeness (QED) is 0.473. The van der Waals surface area contributed by atoms with Crippen molar-refractivity contribution in [2.45, 2.75) is 44.7 Å². The van der Waals surface area contributed by atoms with Gasteiger partial charge in [0.1, 0.15) is 47.5 Å². The van der Waals surface area contributed by atoms with E-state index in [9.17, 15) is 18.4 Å². The van der Waals surface area contributed by atoms with E-state index in [0.717, 1.165) is 37.6 Å². The van der Waals surface area contributed by atoms with Crippen LogP contribution in [0.2, 0.25) is 0 Å². The molecule has 2 amide bonds. The van der Waals surface area contributed by atoms with Crippen LogP contribution in [0, 0.1) is 17.6 Å². The second-order valence-electron chi connectivity index (χ2n) is 9.90. The Bertz CT molecular complexity index is 1420. The number of halogens is 2. The standard InChI is InChI=1S/C28H26F2N6O3/c29-18-6-9-20(10-7-18)39-21-12-22-27(32-15-21)35(16-25(37)33-24-11-8-19(30)14-31-24)26-13-23(34-36(26)28(22)38)17-4-2-1-3-5-17/h6-12,14-15,17,26H,1-5,13,16H2,(H,31,33,37). The molecule has 9 nitrogen and oxygen atoms in total. The number of carbonyl (C=O) groups excluding carboxylic acids is 2. The Balaban J connectivity index is 1.30. The van der Waals surface area contributed by atoms with E-state index in [0.29, 0.717) is 29.7 Å². The first kappa shape index (κ1) is 24.9. The van der Waals surface area contributed by atoms with Crippen molar-refractivity contribution in [2.75, 3.05) is 16.8 Å². The van der Waals surface area contributed by atoms with Crippen LogP contribution in [0.3, 0.4) is 0 Å². The average molecular weight is 533 g/mol. The van der Waals surface area contributed by atoms with Crippen molar-refractivity contribution in [1.82, 2.24) is 15.0 Å². The molecule has 1 aliphatic carbocycles. The summed E-state index contributed by atoms with van der Waals surface area (Å²) >= 11 is 0. The summed E-state index contributed by atoms with van der Waals surface area (Å²) in [7, 11) is 0. The van der Waals surface area contributed by atoms with E-state index in [1.54, 1.807) is 11.0 Å². The van der Waals surface area contributed by atoms with Crippen molar-refractivity contribution in [3.05, 3.63) is 72.1 Å². The number of nitrogens with one attached hydrogen (secondary N) is 1. The van der Waals surface area contributed by atoms with Gasteiger partial charge < -0.3 is 15.0 Å². The highest BCUT2D eigenvalue weighted by molar-refractivity contribution is 6.05. The second-order valence-corrected chi connectivity index (χ2v) is 9.90. The summed E-state index contributed by atoms with van der Waals surface area (Å²) in [6.45, 7) is -0.126. The summed E-state index contributed by atoms with van der Waals surface area (Å²) in [5.41, 5.74) is 1.21. The van der Waals surface area contributed by atoms with Gasteiger partial charge in [0.15, 0.2) is 0 Å². The molecular weight excluding hydrogens is 506 g/mol. The molecule has 0 saturated heterocycles. The number of hydrogen-bond acceptors (Lipinski definition) is 7. The maximum Gasteiger partial charge on any atom is 0.279 e. The molecule has 0 spiro atoms. The summed E-state index contributed by atoms with van der Waals surface area (Å²) in [6.07, 6.45) is 8.05. The molecule has 6 rings (SSSR count). The van der Waals surface area contributed by atoms with Crippen LogP contribution in [0.1, 0.15) is 48.9 Å². The lowest BCUT2D eigenvalue weighted by atomic mass is 9.84. The van der Waals surface area contributed by atoms with Crippen molar-refractivity contribution < 1.29 is 23.1 Å². The zero-order valence-electron chi connectivity index (χ0n) is 21.0. The SMILES string of the molecule is O=C(CN1c2ncc(Oc3ccc(F)cc3)cc2C(=O)N2N=C(C3CCCCC3)CC21)Nc1ccc(F)cn1. The lowest BCUT2D eigenvalue weighted by Gasteiger charge is -2.39. The van der Waals surface area contributed by atoms with Crippen LogP contribution in [0.25, 0.3) is 0 Å². The molecule has 1 N–H and O–H groups in total. The molecule has 1 unspecified atom stereocenters. The Hall–Kier alpha value is -4.41. The van der Waals surface area contributed by atoms with Crippen LogP contribution in [0.5, 0.6) is 11.5 Å². The van der Waals surface area contributed by atoms with E-state index < -0.39 is 23.7 Å². The van der Waals surface area contributed by atoms with Crippen molar-refractivity contribution in [2.24, 2.45) is 11.0 Å². The minimum atomic E-state index is -0.506. The third kappa shape index (κ3) is 5.16.